The summed E-state index contributed by atoms with van der Waals surface area (Å²) in [5.41, 5.74) is 1.91. The van der Waals surface area contributed by atoms with Gasteiger partial charge in [0.2, 0.25) is 0 Å². The zero-order chi connectivity index (χ0) is 15.6. The van der Waals surface area contributed by atoms with E-state index in [9.17, 15) is 9.59 Å². The summed E-state index contributed by atoms with van der Waals surface area (Å²) in [7, 11) is 1.32. The Labute approximate surface area is 122 Å². The molecule has 0 aliphatic heterocycles. The molecule has 0 bridgehead atoms. The molecular weight excluding hydrogens is 272 g/mol. The van der Waals surface area contributed by atoms with Crippen molar-refractivity contribution in [2.24, 2.45) is 0 Å². The Morgan fingerprint density at radius 1 is 1.24 bits per heavy atom. The Hall–Kier alpha value is -2.63. The largest absolute Gasteiger partial charge is 0.476 e. The number of esters is 1. The second-order valence-electron chi connectivity index (χ2n) is 4.86. The molecule has 0 atom stereocenters. The van der Waals surface area contributed by atoms with Crippen LogP contribution in [0.3, 0.4) is 0 Å². The first-order valence-electron chi connectivity index (χ1n) is 6.46. The molecule has 0 aliphatic carbocycles. The van der Waals surface area contributed by atoms with Crippen LogP contribution in [-0.2, 0) is 4.74 Å². The monoisotopic (exact) mass is 288 g/mol. The smallest absolute Gasteiger partial charge is 0.356 e. The topological polar surface area (TPSA) is 81.4 Å². The molecule has 0 spiro atoms. The van der Waals surface area contributed by atoms with Crippen LogP contribution in [-0.4, -0.2) is 33.9 Å². The number of rotatable bonds is 4. The highest BCUT2D eigenvalue weighted by Gasteiger charge is 2.17. The van der Waals surface area contributed by atoms with E-state index in [-0.39, 0.29) is 11.6 Å². The second-order valence-corrected chi connectivity index (χ2v) is 4.86. The highest BCUT2D eigenvalue weighted by atomic mass is 16.5. The fourth-order valence-corrected chi connectivity index (χ4v) is 1.97. The first-order chi connectivity index (χ1) is 9.93. The van der Waals surface area contributed by atoms with Gasteiger partial charge in [0.05, 0.1) is 18.4 Å². The molecule has 21 heavy (non-hydrogen) atoms. The number of carbonyl (C=O) groups excluding carboxylic acids is 1. The van der Waals surface area contributed by atoms with Gasteiger partial charge >= 0.3 is 11.9 Å². The average molecular weight is 288 g/mol. The third-order valence-electron chi connectivity index (χ3n) is 3.08. The highest BCUT2D eigenvalue weighted by Crippen LogP contribution is 2.21. The van der Waals surface area contributed by atoms with Gasteiger partial charge in [-0.2, -0.15) is 5.10 Å². The zero-order valence-electron chi connectivity index (χ0n) is 12.0. The Kier molecular flexibility index (Phi) is 4.07. The van der Waals surface area contributed by atoms with Crippen molar-refractivity contribution in [1.82, 2.24) is 9.78 Å². The van der Waals surface area contributed by atoms with E-state index in [1.165, 1.54) is 7.11 Å². The first kappa shape index (κ1) is 14.8. The maximum Gasteiger partial charge on any atom is 0.356 e. The molecule has 2 aromatic rings. The molecule has 1 aromatic carbocycles. The molecule has 1 aromatic heterocycles. The van der Waals surface area contributed by atoms with E-state index in [1.54, 1.807) is 35.0 Å². The molecule has 110 valence electrons. The van der Waals surface area contributed by atoms with Gasteiger partial charge in [-0.1, -0.05) is 13.8 Å². The summed E-state index contributed by atoms with van der Waals surface area (Å²) in [6.07, 6.45) is 0. The highest BCUT2D eigenvalue weighted by molar-refractivity contribution is 5.89. The van der Waals surface area contributed by atoms with Crippen molar-refractivity contribution in [3.05, 3.63) is 47.3 Å². The number of aromatic nitrogens is 2. The van der Waals surface area contributed by atoms with Gasteiger partial charge in [0.25, 0.3) is 0 Å². The normalized spacial score (nSPS) is 10.7. The maximum absolute atomic E-state index is 11.4. The first-order valence-corrected chi connectivity index (χ1v) is 6.46. The number of carbonyl (C=O) groups is 2. The minimum atomic E-state index is -1.07. The van der Waals surface area contributed by atoms with E-state index in [0.717, 1.165) is 5.69 Å². The van der Waals surface area contributed by atoms with Crippen LogP contribution < -0.4 is 0 Å². The predicted molar refractivity (Wildman–Crippen MR) is 76.0 cm³/mol. The van der Waals surface area contributed by atoms with Gasteiger partial charge in [0.15, 0.2) is 5.69 Å². The number of ether oxygens (including phenoxy) is 1. The Morgan fingerprint density at radius 2 is 1.86 bits per heavy atom. The fourth-order valence-electron chi connectivity index (χ4n) is 1.97. The Bertz CT molecular complexity index is 671. The zero-order valence-corrected chi connectivity index (χ0v) is 12.0. The van der Waals surface area contributed by atoms with Gasteiger partial charge in [0.1, 0.15) is 0 Å². The lowest BCUT2D eigenvalue weighted by Gasteiger charge is -2.10. The van der Waals surface area contributed by atoms with Gasteiger partial charge in [-0.3, -0.25) is 0 Å². The van der Waals surface area contributed by atoms with Crippen molar-refractivity contribution < 1.29 is 19.4 Å². The molecule has 0 saturated carbocycles. The van der Waals surface area contributed by atoms with Crippen LogP contribution in [0.2, 0.25) is 0 Å². The molecule has 6 nitrogen and oxygen atoms in total. The van der Waals surface area contributed by atoms with Crippen LogP contribution in [0.15, 0.2) is 30.3 Å². The third kappa shape index (κ3) is 2.94. The van der Waals surface area contributed by atoms with Crippen LogP contribution in [0.25, 0.3) is 5.69 Å². The Balaban J connectivity index is 2.45. The van der Waals surface area contributed by atoms with Gasteiger partial charge in [-0.15, -0.1) is 0 Å². The molecule has 0 amide bonds. The van der Waals surface area contributed by atoms with Crippen molar-refractivity contribution in [2.75, 3.05) is 7.11 Å². The van der Waals surface area contributed by atoms with E-state index in [1.807, 2.05) is 13.8 Å². The molecule has 0 saturated heterocycles. The van der Waals surface area contributed by atoms with Crippen LogP contribution in [0.4, 0.5) is 0 Å². The van der Waals surface area contributed by atoms with Crippen LogP contribution >= 0.6 is 0 Å². The van der Waals surface area contributed by atoms with Gasteiger partial charge in [-0.25, -0.2) is 14.3 Å². The maximum atomic E-state index is 11.4. The molecule has 2 rings (SSSR count). The summed E-state index contributed by atoms with van der Waals surface area (Å²) in [5.74, 6) is -1.37. The second kappa shape index (κ2) is 5.78. The SMILES string of the molecule is COC(=O)c1ccc(-n2nc(C(=O)O)cc2C(C)C)cc1. The lowest BCUT2D eigenvalue weighted by atomic mass is 10.1. The average Bonchev–Trinajstić information content (AvgIpc) is 2.92. The summed E-state index contributed by atoms with van der Waals surface area (Å²) in [5, 5.41) is 13.2. The molecule has 1 heterocycles. The minimum absolute atomic E-state index is 0.00394. The number of carboxylic acid groups (broad SMARTS) is 1. The fraction of sp³-hybridized carbons (Fsp3) is 0.267. The summed E-state index contributed by atoms with van der Waals surface area (Å²) in [4.78, 5) is 22.5. The van der Waals surface area contributed by atoms with Crippen molar-refractivity contribution >= 4 is 11.9 Å². The molecule has 0 fully saturated rings. The lowest BCUT2D eigenvalue weighted by molar-refractivity contribution is 0.0600. The third-order valence-corrected chi connectivity index (χ3v) is 3.08. The molecule has 0 unspecified atom stereocenters. The standard InChI is InChI=1S/C15H16N2O4/c1-9(2)13-8-12(14(18)19)16-17(13)11-6-4-10(5-7-11)15(20)21-3/h4-9H,1-3H3,(H,18,19). The van der Waals surface area contributed by atoms with Crippen LogP contribution in [0.1, 0.15) is 46.3 Å². The predicted octanol–water partition coefficient (Wildman–Crippen LogP) is 2.48. The van der Waals surface area contributed by atoms with E-state index in [0.29, 0.717) is 11.3 Å². The van der Waals surface area contributed by atoms with Crippen LogP contribution in [0, 0.1) is 0 Å². The summed E-state index contributed by atoms with van der Waals surface area (Å²) in [6.45, 7) is 3.92. The molecule has 6 heteroatoms. The summed E-state index contributed by atoms with van der Waals surface area (Å²) >= 11 is 0. The number of benzene rings is 1. The number of nitrogens with zero attached hydrogens (tertiary/aromatic N) is 2. The van der Waals surface area contributed by atoms with Crippen molar-refractivity contribution in [3.8, 4) is 5.69 Å². The number of methoxy groups -OCH3 is 1. The number of hydrogen-bond donors (Lipinski definition) is 1. The quantitative estimate of drug-likeness (QED) is 0.874. The van der Waals surface area contributed by atoms with Gasteiger partial charge in [0, 0.05) is 5.69 Å². The van der Waals surface area contributed by atoms with Crippen molar-refractivity contribution in [2.45, 2.75) is 19.8 Å². The molecule has 0 radical (unpaired) electrons. The van der Waals surface area contributed by atoms with E-state index in [4.69, 9.17) is 5.11 Å². The van der Waals surface area contributed by atoms with Crippen molar-refractivity contribution in [3.63, 3.8) is 0 Å². The van der Waals surface area contributed by atoms with E-state index >= 15 is 0 Å². The van der Waals surface area contributed by atoms with Crippen molar-refractivity contribution in [1.29, 1.82) is 0 Å². The molecular formula is C15H16N2O4. The number of carboxylic acids is 1. The number of hydrogen-bond acceptors (Lipinski definition) is 4. The number of aromatic carboxylic acids is 1. The van der Waals surface area contributed by atoms with Gasteiger partial charge < -0.3 is 9.84 Å². The van der Waals surface area contributed by atoms with E-state index in [2.05, 4.69) is 9.84 Å². The summed E-state index contributed by atoms with van der Waals surface area (Å²) in [6, 6.07) is 8.20. The lowest BCUT2D eigenvalue weighted by Crippen LogP contribution is -2.06. The Morgan fingerprint density at radius 3 is 2.33 bits per heavy atom. The summed E-state index contributed by atoms with van der Waals surface area (Å²) < 4.78 is 6.22. The molecule has 0 aliphatic rings. The molecule has 1 N–H and O–H groups in total. The van der Waals surface area contributed by atoms with Gasteiger partial charge in [-0.05, 0) is 36.2 Å². The minimum Gasteiger partial charge on any atom is -0.476 e. The van der Waals surface area contributed by atoms with E-state index < -0.39 is 11.9 Å². The van der Waals surface area contributed by atoms with Crippen LogP contribution in [0.5, 0.6) is 0 Å².